The summed E-state index contributed by atoms with van der Waals surface area (Å²) < 4.78 is 9.45. The molecule has 0 radical (unpaired) electrons. The molecule has 0 aliphatic carbocycles. The van der Waals surface area contributed by atoms with Crippen LogP contribution in [0.3, 0.4) is 0 Å². The molecule has 0 saturated carbocycles. The molecule has 1 aromatic heterocycles. The lowest BCUT2D eigenvalue weighted by atomic mass is 10.3. The van der Waals surface area contributed by atoms with Crippen LogP contribution in [0, 0.1) is 0 Å². The molecule has 16 heavy (non-hydrogen) atoms. The minimum Gasteiger partial charge on any atom is -0.466 e. The molecule has 6 nitrogen and oxygen atoms in total. The Hall–Kier alpha value is -2.46. The largest absolute Gasteiger partial charge is 0.466 e. The Morgan fingerprint density at radius 2 is 2.50 bits per heavy atom. The molecule has 0 saturated heterocycles. The molecule has 0 bridgehead atoms. The minimum absolute atomic E-state index is 0.118. The molecule has 0 N–H and O–H groups in total. The zero-order chi connectivity index (χ0) is 11.8. The summed E-state index contributed by atoms with van der Waals surface area (Å²) in [6.45, 7) is 0. The van der Waals surface area contributed by atoms with E-state index in [-0.39, 0.29) is 5.70 Å². The first-order chi connectivity index (χ1) is 7.77. The summed E-state index contributed by atoms with van der Waals surface area (Å²) in [6.07, 6.45) is 6.02. The van der Waals surface area contributed by atoms with E-state index in [2.05, 4.69) is 14.8 Å². The predicted octanol–water partition coefficient (Wildman–Crippen LogP) is 2.66. The van der Waals surface area contributed by atoms with Gasteiger partial charge in [0.2, 0.25) is 0 Å². The zero-order valence-electron chi connectivity index (χ0n) is 8.53. The number of azide groups is 1. The maximum atomic E-state index is 11.1. The van der Waals surface area contributed by atoms with E-state index in [0.29, 0.717) is 5.76 Å². The molecular formula is C10H9N3O3. The Balaban J connectivity index is 2.79. The summed E-state index contributed by atoms with van der Waals surface area (Å²) in [4.78, 5) is 13.6. The number of rotatable bonds is 4. The molecule has 0 unspecified atom stereocenters. The number of hydrogen-bond donors (Lipinski definition) is 0. The summed E-state index contributed by atoms with van der Waals surface area (Å²) in [5.74, 6) is -0.0664. The maximum absolute atomic E-state index is 11.1. The number of carbonyl (C=O) groups is 1. The van der Waals surface area contributed by atoms with Crippen LogP contribution in [-0.4, -0.2) is 13.1 Å². The van der Waals surface area contributed by atoms with Gasteiger partial charge in [-0.2, -0.15) is 0 Å². The molecule has 0 aliphatic heterocycles. The van der Waals surface area contributed by atoms with Crippen LogP contribution < -0.4 is 0 Å². The van der Waals surface area contributed by atoms with Gasteiger partial charge in [0.1, 0.15) is 11.5 Å². The Labute approximate surface area is 91.4 Å². The molecular weight excluding hydrogens is 210 g/mol. The monoisotopic (exact) mass is 219 g/mol. The fraction of sp³-hybridized carbons (Fsp3) is 0.100. The second kappa shape index (κ2) is 6.10. The second-order valence-electron chi connectivity index (χ2n) is 2.61. The van der Waals surface area contributed by atoms with Crippen molar-refractivity contribution < 1.29 is 13.9 Å². The Morgan fingerprint density at radius 1 is 1.69 bits per heavy atom. The number of nitrogens with zero attached hydrogens (tertiary/aromatic N) is 3. The molecule has 0 fully saturated rings. The number of methoxy groups -OCH3 is 1. The molecule has 0 amide bonds. The van der Waals surface area contributed by atoms with Gasteiger partial charge in [-0.05, 0) is 29.8 Å². The van der Waals surface area contributed by atoms with Gasteiger partial charge in [0.25, 0.3) is 0 Å². The average molecular weight is 219 g/mol. The van der Waals surface area contributed by atoms with E-state index in [9.17, 15) is 4.79 Å². The lowest BCUT2D eigenvalue weighted by Crippen LogP contribution is -2.01. The van der Waals surface area contributed by atoms with Crippen molar-refractivity contribution in [3.8, 4) is 0 Å². The van der Waals surface area contributed by atoms with E-state index in [1.165, 1.54) is 25.5 Å². The van der Waals surface area contributed by atoms with E-state index < -0.39 is 5.97 Å². The van der Waals surface area contributed by atoms with Gasteiger partial charge in [-0.25, -0.2) is 4.79 Å². The van der Waals surface area contributed by atoms with Crippen LogP contribution in [-0.2, 0) is 9.53 Å². The summed E-state index contributed by atoms with van der Waals surface area (Å²) in [5.41, 5.74) is 8.11. The van der Waals surface area contributed by atoms with Crippen molar-refractivity contribution in [2.24, 2.45) is 5.11 Å². The van der Waals surface area contributed by atoms with Gasteiger partial charge in [-0.15, -0.1) is 0 Å². The van der Waals surface area contributed by atoms with E-state index >= 15 is 0 Å². The summed E-state index contributed by atoms with van der Waals surface area (Å²) in [6, 6.07) is 3.48. The number of esters is 1. The Kier molecular flexibility index (Phi) is 4.43. The van der Waals surface area contributed by atoms with E-state index in [1.54, 1.807) is 18.2 Å². The zero-order valence-corrected chi connectivity index (χ0v) is 8.53. The first-order valence-electron chi connectivity index (χ1n) is 4.33. The fourth-order valence-electron chi connectivity index (χ4n) is 0.915. The number of allylic oxidation sites excluding steroid dienone is 2. The lowest BCUT2D eigenvalue weighted by molar-refractivity contribution is -0.136. The van der Waals surface area contributed by atoms with Crippen molar-refractivity contribution in [2.45, 2.75) is 0 Å². The first-order valence-corrected chi connectivity index (χ1v) is 4.33. The lowest BCUT2D eigenvalue weighted by Gasteiger charge is -1.94. The van der Waals surface area contributed by atoms with Crippen LogP contribution in [0.15, 0.2) is 45.8 Å². The van der Waals surface area contributed by atoms with Crippen molar-refractivity contribution >= 4 is 12.0 Å². The molecule has 82 valence electrons. The highest BCUT2D eigenvalue weighted by molar-refractivity contribution is 5.88. The molecule has 1 aromatic rings. The second-order valence-corrected chi connectivity index (χ2v) is 2.61. The molecule has 0 atom stereocenters. The highest BCUT2D eigenvalue weighted by atomic mass is 16.5. The van der Waals surface area contributed by atoms with Crippen LogP contribution in [0.5, 0.6) is 0 Å². The van der Waals surface area contributed by atoms with Gasteiger partial charge in [-0.1, -0.05) is 11.2 Å². The first kappa shape index (κ1) is 11.6. The molecule has 1 rings (SSSR count). The third kappa shape index (κ3) is 3.36. The smallest absolute Gasteiger partial charge is 0.340 e. The summed E-state index contributed by atoms with van der Waals surface area (Å²) in [5, 5.41) is 3.20. The third-order valence-electron chi connectivity index (χ3n) is 1.60. The number of hydrogen-bond acceptors (Lipinski definition) is 4. The molecule has 0 spiro atoms. The van der Waals surface area contributed by atoms with Gasteiger partial charge in [0.05, 0.1) is 13.4 Å². The van der Waals surface area contributed by atoms with E-state index in [1.807, 2.05) is 0 Å². The van der Waals surface area contributed by atoms with Crippen LogP contribution in [0.1, 0.15) is 5.76 Å². The molecule has 0 aliphatic rings. The predicted molar refractivity (Wildman–Crippen MR) is 57.0 cm³/mol. The maximum Gasteiger partial charge on any atom is 0.340 e. The van der Waals surface area contributed by atoms with Gasteiger partial charge in [-0.3, -0.25) is 0 Å². The normalized spacial score (nSPS) is 11.2. The Morgan fingerprint density at radius 3 is 3.06 bits per heavy atom. The van der Waals surface area contributed by atoms with Crippen molar-refractivity contribution in [3.05, 3.63) is 52.4 Å². The quantitative estimate of drug-likeness (QED) is 0.195. The van der Waals surface area contributed by atoms with Crippen LogP contribution in [0.4, 0.5) is 0 Å². The van der Waals surface area contributed by atoms with Crippen molar-refractivity contribution in [2.75, 3.05) is 7.11 Å². The number of furan rings is 1. The molecule has 0 aromatic carbocycles. The molecule has 1 heterocycles. The summed E-state index contributed by atoms with van der Waals surface area (Å²) in [7, 11) is 1.21. The van der Waals surface area contributed by atoms with Crippen LogP contribution >= 0.6 is 0 Å². The highest BCUT2D eigenvalue weighted by Gasteiger charge is 2.04. The Bertz CT molecular complexity index is 454. The number of ether oxygens (including phenoxy) is 1. The van der Waals surface area contributed by atoms with Gasteiger partial charge >= 0.3 is 5.97 Å². The van der Waals surface area contributed by atoms with E-state index in [4.69, 9.17) is 9.95 Å². The van der Waals surface area contributed by atoms with Crippen LogP contribution in [0.2, 0.25) is 0 Å². The fourth-order valence-corrected chi connectivity index (χ4v) is 0.915. The highest BCUT2D eigenvalue weighted by Crippen LogP contribution is 2.05. The van der Waals surface area contributed by atoms with Gasteiger partial charge < -0.3 is 9.15 Å². The van der Waals surface area contributed by atoms with Crippen molar-refractivity contribution in [1.29, 1.82) is 0 Å². The van der Waals surface area contributed by atoms with Crippen LogP contribution in [0.25, 0.3) is 16.5 Å². The topological polar surface area (TPSA) is 88.2 Å². The SMILES string of the molecule is COC(=O)C(=CC=Cc1ccco1)N=[N+]=[N-]. The van der Waals surface area contributed by atoms with Gasteiger partial charge in [0.15, 0.2) is 0 Å². The van der Waals surface area contributed by atoms with Crippen molar-refractivity contribution in [3.63, 3.8) is 0 Å². The van der Waals surface area contributed by atoms with E-state index in [0.717, 1.165) is 0 Å². The van der Waals surface area contributed by atoms with Gasteiger partial charge in [0, 0.05) is 4.91 Å². The average Bonchev–Trinajstić information content (AvgIpc) is 2.80. The third-order valence-corrected chi connectivity index (χ3v) is 1.60. The summed E-state index contributed by atoms with van der Waals surface area (Å²) >= 11 is 0. The standard InChI is InChI=1S/C10H9N3O3/c1-15-10(14)9(12-13-11)6-2-4-8-5-3-7-16-8/h2-7H,1H3. The van der Waals surface area contributed by atoms with Crippen molar-refractivity contribution in [1.82, 2.24) is 0 Å². The number of carbonyl (C=O) groups excluding carboxylic acids is 1. The molecule has 6 heteroatoms. The minimum atomic E-state index is -0.693.